The van der Waals surface area contributed by atoms with Crippen LogP contribution in [0.25, 0.3) is 0 Å². The molecule has 0 spiro atoms. The van der Waals surface area contributed by atoms with Crippen molar-refractivity contribution >= 4 is 35.1 Å². The second-order valence-corrected chi connectivity index (χ2v) is 6.93. The summed E-state index contributed by atoms with van der Waals surface area (Å²) in [6, 6.07) is -0.0243. The summed E-state index contributed by atoms with van der Waals surface area (Å²) in [7, 11) is 0. The van der Waals surface area contributed by atoms with Crippen molar-refractivity contribution < 1.29 is 19.5 Å². The van der Waals surface area contributed by atoms with E-state index in [1.165, 1.54) is 4.90 Å². The standard InChI is InChI=1S/C17H25ClN2O4/c18-14-15(19-11-7-2-1-6-10-13(21)22)17(24)20(16(14)23)12-8-4-3-5-9-12/h12,14H,1-11H2,(H,21,22). The number of alkyl halides is 1. The van der Waals surface area contributed by atoms with E-state index in [-0.39, 0.29) is 30.0 Å². The third-order valence-corrected chi connectivity index (χ3v) is 5.05. The smallest absolute Gasteiger partial charge is 0.303 e. The molecule has 2 amide bonds. The number of imide groups is 1. The Morgan fingerprint density at radius 3 is 2.46 bits per heavy atom. The molecular weight excluding hydrogens is 332 g/mol. The molecule has 1 heterocycles. The van der Waals surface area contributed by atoms with Crippen molar-refractivity contribution in [3.63, 3.8) is 0 Å². The van der Waals surface area contributed by atoms with Crippen LogP contribution >= 0.6 is 11.6 Å². The molecule has 1 saturated heterocycles. The predicted molar refractivity (Wildman–Crippen MR) is 91.4 cm³/mol. The van der Waals surface area contributed by atoms with Gasteiger partial charge >= 0.3 is 5.97 Å². The number of aliphatic imine (C=N–C) groups is 1. The van der Waals surface area contributed by atoms with Gasteiger partial charge in [-0.05, 0) is 25.7 Å². The number of nitrogens with zero attached hydrogens (tertiary/aromatic N) is 2. The fourth-order valence-electron chi connectivity index (χ4n) is 3.34. The van der Waals surface area contributed by atoms with Gasteiger partial charge in [0.25, 0.3) is 11.8 Å². The first-order chi connectivity index (χ1) is 11.5. The number of carbonyl (C=O) groups is 3. The molecule has 2 aliphatic rings. The summed E-state index contributed by atoms with van der Waals surface area (Å²) in [5, 5.41) is 7.61. The van der Waals surface area contributed by atoms with Crippen LogP contribution in [-0.4, -0.2) is 51.5 Å². The third-order valence-electron chi connectivity index (χ3n) is 4.65. The van der Waals surface area contributed by atoms with Gasteiger partial charge in [-0.25, -0.2) is 0 Å². The lowest BCUT2D eigenvalue weighted by atomic mass is 9.94. The minimum absolute atomic E-state index is 0.0243. The van der Waals surface area contributed by atoms with E-state index in [0.717, 1.165) is 51.4 Å². The average Bonchev–Trinajstić information content (AvgIpc) is 2.77. The van der Waals surface area contributed by atoms with Crippen LogP contribution in [0.2, 0.25) is 0 Å². The minimum Gasteiger partial charge on any atom is -0.481 e. The first kappa shape index (κ1) is 18.9. The molecular formula is C17H25ClN2O4. The number of amides is 2. The van der Waals surface area contributed by atoms with Gasteiger partial charge in [-0.2, -0.15) is 0 Å². The van der Waals surface area contributed by atoms with E-state index in [0.29, 0.717) is 13.0 Å². The van der Waals surface area contributed by atoms with Crippen molar-refractivity contribution in [2.24, 2.45) is 4.99 Å². The van der Waals surface area contributed by atoms with Crippen molar-refractivity contribution in [3.05, 3.63) is 0 Å². The molecule has 6 nitrogen and oxygen atoms in total. The SMILES string of the molecule is O=C(O)CCCCCCN=C1C(=O)N(C2CCCCC2)C(=O)C1Cl. The Labute approximate surface area is 147 Å². The van der Waals surface area contributed by atoms with Crippen molar-refractivity contribution in [1.82, 2.24) is 4.90 Å². The van der Waals surface area contributed by atoms with Crippen LogP contribution in [0.1, 0.15) is 64.2 Å². The topological polar surface area (TPSA) is 87.0 Å². The lowest BCUT2D eigenvalue weighted by molar-refractivity contribution is -0.140. The molecule has 2 fully saturated rings. The van der Waals surface area contributed by atoms with E-state index in [9.17, 15) is 14.4 Å². The lowest BCUT2D eigenvalue weighted by Gasteiger charge is -2.29. The first-order valence-electron chi connectivity index (χ1n) is 8.80. The van der Waals surface area contributed by atoms with Gasteiger partial charge in [-0.1, -0.05) is 32.1 Å². The number of halogens is 1. The maximum atomic E-state index is 12.5. The molecule has 1 saturated carbocycles. The van der Waals surface area contributed by atoms with Gasteiger partial charge in [0.2, 0.25) is 0 Å². The van der Waals surface area contributed by atoms with Gasteiger partial charge in [0, 0.05) is 19.0 Å². The van der Waals surface area contributed by atoms with Gasteiger partial charge < -0.3 is 5.11 Å². The van der Waals surface area contributed by atoms with Crippen molar-refractivity contribution in [3.8, 4) is 0 Å². The number of likely N-dealkylation sites (tertiary alicyclic amines) is 1. The van der Waals surface area contributed by atoms with E-state index in [2.05, 4.69) is 4.99 Å². The van der Waals surface area contributed by atoms with E-state index in [1.54, 1.807) is 0 Å². The highest BCUT2D eigenvalue weighted by atomic mass is 35.5. The highest BCUT2D eigenvalue weighted by Gasteiger charge is 2.46. The summed E-state index contributed by atoms with van der Waals surface area (Å²) >= 11 is 6.13. The number of rotatable bonds is 8. The highest BCUT2D eigenvalue weighted by Crippen LogP contribution is 2.28. The Balaban J connectivity index is 1.82. The molecule has 0 radical (unpaired) electrons. The molecule has 0 aromatic carbocycles. The van der Waals surface area contributed by atoms with Gasteiger partial charge in [-0.15, -0.1) is 11.6 Å². The number of hydrogen-bond acceptors (Lipinski definition) is 4. The Bertz CT molecular complexity index is 515. The zero-order valence-electron chi connectivity index (χ0n) is 13.9. The number of carboxylic acids is 1. The molecule has 1 aliphatic heterocycles. The molecule has 2 rings (SSSR count). The number of carboxylic acid groups (broad SMARTS) is 1. The van der Waals surface area contributed by atoms with Crippen LogP contribution in [0.5, 0.6) is 0 Å². The van der Waals surface area contributed by atoms with Crippen LogP contribution in [0, 0.1) is 0 Å². The molecule has 7 heteroatoms. The summed E-state index contributed by atoms with van der Waals surface area (Å²) < 4.78 is 0. The summed E-state index contributed by atoms with van der Waals surface area (Å²) in [4.78, 5) is 40.8. The highest BCUT2D eigenvalue weighted by molar-refractivity contribution is 6.63. The van der Waals surface area contributed by atoms with Crippen LogP contribution in [-0.2, 0) is 14.4 Å². The summed E-state index contributed by atoms with van der Waals surface area (Å²) in [6.45, 7) is 0.448. The molecule has 0 bridgehead atoms. The fraction of sp³-hybridized carbons (Fsp3) is 0.765. The van der Waals surface area contributed by atoms with Gasteiger partial charge in [-0.3, -0.25) is 24.3 Å². The van der Waals surface area contributed by atoms with Gasteiger partial charge in [0.15, 0.2) is 5.38 Å². The lowest BCUT2D eigenvalue weighted by Crippen LogP contribution is -2.42. The summed E-state index contributed by atoms with van der Waals surface area (Å²) in [5.74, 6) is -1.43. The summed E-state index contributed by atoms with van der Waals surface area (Å²) in [6.07, 6.45) is 8.22. The maximum absolute atomic E-state index is 12.5. The Morgan fingerprint density at radius 1 is 1.12 bits per heavy atom. The predicted octanol–water partition coefficient (Wildman–Crippen LogP) is 2.77. The quantitative estimate of drug-likeness (QED) is 0.411. The Morgan fingerprint density at radius 2 is 1.79 bits per heavy atom. The monoisotopic (exact) mass is 356 g/mol. The number of unbranched alkanes of at least 4 members (excludes halogenated alkanes) is 3. The average molecular weight is 357 g/mol. The minimum atomic E-state index is -0.952. The molecule has 1 aliphatic carbocycles. The zero-order chi connectivity index (χ0) is 17.5. The Kier molecular flexibility index (Phi) is 7.21. The van der Waals surface area contributed by atoms with Crippen molar-refractivity contribution in [2.45, 2.75) is 75.6 Å². The number of hydrogen-bond donors (Lipinski definition) is 1. The Hall–Kier alpha value is -1.43. The van der Waals surface area contributed by atoms with Crippen LogP contribution in [0.15, 0.2) is 4.99 Å². The molecule has 1 atom stereocenters. The second kappa shape index (κ2) is 9.16. The number of aliphatic carboxylic acids is 1. The van der Waals surface area contributed by atoms with Crippen LogP contribution in [0.4, 0.5) is 0 Å². The van der Waals surface area contributed by atoms with Crippen molar-refractivity contribution in [1.29, 1.82) is 0 Å². The molecule has 0 aromatic rings. The molecule has 0 aromatic heterocycles. The largest absolute Gasteiger partial charge is 0.481 e. The van der Waals surface area contributed by atoms with E-state index >= 15 is 0 Å². The molecule has 1 unspecified atom stereocenters. The third kappa shape index (κ3) is 4.79. The molecule has 24 heavy (non-hydrogen) atoms. The van der Waals surface area contributed by atoms with Gasteiger partial charge in [0.1, 0.15) is 5.71 Å². The molecule has 134 valence electrons. The van der Waals surface area contributed by atoms with Crippen molar-refractivity contribution in [2.75, 3.05) is 6.54 Å². The zero-order valence-corrected chi connectivity index (χ0v) is 14.6. The fourth-order valence-corrected chi connectivity index (χ4v) is 3.61. The second-order valence-electron chi connectivity index (χ2n) is 6.49. The van der Waals surface area contributed by atoms with Crippen LogP contribution < -0.4 is 0 Å². The van der Waals surface area contributed by atoms with E-state index in [1.807, 2.05) is 0 Å². The van der Waals surface area contributed by atoms with Gasteiger partial charge in [0.05, 0.1) is 0 Å². The maximum Gasteiger partial charge on any atom is 0.303 e. The van der Waals surface area contributed by atoms with E-state index in [4.69, 9.17) is 16.7 Å². The van der Waals surface area contributed by atoms with E-state index < -0.39 is 11.3 Å². The molecule has 1 N–H and O–H groups in total. The number of carbonyl (C=O) groups excluding carboxylic acids is 2. The first-order valence-corrected chi connectivity index (χ1v) is 9.23. The van der Waals surface area contributed by atoms with Crippen LogP contribution in [0.3, 0.4) is 0 Å². The normalized spacial score (nSPS) is 24.1. The summed E-state index contributed by atoms with van der Waals surface area (Å²) in [5.41, 5.74) is 0.178.